The van der Waals surface area contributed by atoms with Gasteiger partial charge >= 0.3 is 0 Å². The third kappa shape index (κ3) is 3.57. The minimum atomic E-state index is -0.576. The number of likely N-dealkylation sites (N-methyl/N-ethyl adjacent to an activating group) is 1. The van der Waals surface area contributed by atoms with Crippen LogP contribution in [-0.4, -0.2) is 7.05 Å². The zero-order valence-corrected chi connectivity index (χ0v) is 13.1. The molecule has 0 aliphatic heterocycles. The Morgan fingerprint density at radius 1 is 1.20 bits per heavy atom. The Morgan fingerprint density at radius 3 is 2.60 bits per heavy atom. The number of benzene rings is 2. The summed E-state index contributed by atoms with van der Waals surface area (Å²) in [4.78, 5) is 0. The van der Waals surface area contributed by atoms with E-state index in [2.05, 4.69) is 21.2 Å². The van der Waals surface area contributed by atoms with Gasteiger partial charge in [-0.25, -0.2) is 8.78 Å². The molecule has 2 aromatic carbocycles. The normalized spacial score (nSPS) is 12.4. The molecule has 1 atom stereocenters. The molecule has 0 aromatic heterocycles. The predicted molar refractivity (Wildman–Crippen MR) is 81.0 cm³/mol. The molecule has 5 heteroatoms. The van der Waals surface area contributed by atoms with Crippen LogP contribution in [-0.2, 0) is 6.42 Å². The van der Waals surface area contributed by atoms with Crippen LogP contribution in [0.25, 0.3) is 0 Å². The van der Waals surface area contributed by atoms with Crippen molar-refractivity contribution in [2.75, 3.05) is 7.05 Å². The Balaban J connectivity index is 2.31. The lowest BCUT2D eigenvalue weighted by Gasteiger charge is -2.19. The van der Waals surface area contributed by atoms with Crippen molar-refractivity contribution in [3.05, 3.63) is 68.7 Å². The summed E-state index contributed by atoms with van der Waals surface area (Å²) in [6.45, 7) is 0. The molecule has 0 saturated heterocycles. The Labute approximate surface area is 130 Å². The van der Waals surface area contributed by atoms with E-state index in [9.17, 15) is 8.78 Å². The van der Waals surface area contributed by atoms with Crippen molar-refractivity contribution in [2.24, 2.45) is 0 Å². The highest BCUT2D eigenvalue weighted by atomic mass is 79.9. The molecule has 0 heterocycles. The van der Waals surface area contributed by atoms with Crippen LogP contribution in [0.1, 0.15) is 17.2 Å². The fraction of sp³-hybridized carbons (Fsp3) is 0.200. The lowest BCUT2D eigenvalue weighted by atomic mass is 9.98. The fourth-order valence-electron chi connectivity index (χ4n) is 2.06. The highest BCUT2D eigenvalue weighted by Gasteiger charge is 2.16. The first-order valence-electron chi connectivity index (χ1n) is 6.07. The van der Waals surface area contributed by atoms with Crippen LogP contribution in [0.5, 0.6) is 0 Å². The molecule has 0 fully saturated rings. The molecule has 1 unspecified atom stereocenters. The molecule has 1 nitrogen and oxygen atoms in total. The summed E-state index contributed by atoms with van der Waals surface area (Å²) >= 11 is 9.58. The average Bonchev–Trinajstić information content (AvgIpc) is 2.41. The van der Waals surface area contributed by atoms with Gasteiger partial charge in [-0.15, -0.1) is 0 Å². The van der Waals surface area contributed by atoms with Crippen LogP contribution in [0, 0.1) is 11.6 Å². The van der Waals surface area contributed by atoms with E-state index >= 15 is 0 Å². The number of hydrogen-bond acceptors (Lipinski definition) is 1. The van der Waals surface area contributed by atoms with Crippen LogP contribution in [0.2, 0.25) is 5.02 Å². The van der Waals surface area contributed by atoms with Crippen molar-refractivity contribution >= 4 is 27.5 Å². The van der Waals surface area contributed by atoms with E-state index < -0.39 is 11.6 Å². The van der Waals surface area contributed by atoms with Gasteiger partial charge in [0.15, 0.2) is 0 Å². The van der Waals surface area contributed by atoms with E-state index in [1.807, 2.05) is 12.1 Å². The van der Waals surface area contributed by atoms with E-state index in [-0.39, 0.29) is 6.04 Å². The van der Waals surface area contributed by atoms with Crippen molar-refractivity contribution in [1.29, 1.82) is 0 Å². The summed E-state index contributed by atoms with van der Waals surface area (Å²) in [7, 11) is 1.78. The summed E-state index contributed by atoms with van der Waals surface area (Å²) in [5.41, 5.74) is 1.31. The zero-order valence-electron chi connectivity index (χ0n) is 10.8. The van der Waals surface area contributed by atoms with E-state index in [0.717, 1.165) is 16.1 Å². The average molecular weight is 361 g/mol. The molecule has 0 spiro atoms. The first-order valence-corrected chi connectivity index (χ1v) is 7.24. The molecule has 2 rings (SSSR count). The summed E-state index contributed by atoms with van der Waals surface area (Å²) in [6, 6.07) is 8.98. The van der Waals surface area contributed by atoms with Crippen molar-refractivity contribution < 1.29 is 8.78 Å². The van der Waals surface area contributed by atoms with Gasteiger partial charge in [0.2, 0.25) is 0 Å². The summed E-state index contributed by atoms with van der Waals surface area (Å²) in [5.74, 6) is -1.12. The molecular formula is C15H13BrClF2N. The first-order chi connectivity index (χ1) is 9.51. The third-order valence-electron chi connectivity index (χ3n) is 3.12. The van der Waals surface area contributed by atoms with Gasteiger partial charge in [-0.2, -0.15) is 0 Å². The van der Waals surface area contributed by atoms with Crippen LogP contribution < -0.4 is 5.32 Å². The molecule has 0 saturated carbocycles. The highest BCUT2D eigenvalue weighted by molar-refractivity contribution is 9.10. The van der Waals surface area contributed by atoms with Crippen molar-refractivity contribution in [3.63, 3.8) is 0 Å². The fourth-order valence-corrected chi connectivity index (χ4v) is 2.68. The molecule has 2 aromatic rings. The molecule has 106 valence electrons. The van der Waals surface area contributed by atoms with Crippen LogP contribution >= 0.6 is 27.5 Å². The quantitative estimate of drug-likeness (QED) is 0.819. The molecule has 0 radical (unpaired) electrons. The Kier molecular flexibility index (Phi) is 5.13. The van der Waals surface area contributed by atoms with E-state index in [0.29, 0.717) is 17.0 Å². The molecule has 1 N–H and O–H groups in total. The molecule has 0 aliphatic carbocycles. The minimum Gasteiger partial charge on any atom is -0.313 e. The Hall–Kier alpha value is -0.970. The summed E-state index contributed by atoms with van der Waals surface area (Å²) in [5, 5.41) is 3.72. The molecule has 0 aliphatic rings. The molecular weight excluding hydrogens is 348 g/mol. The second-order valence-corrected chi connectivity index (χ2v) is 5.77. The smallest absolute Gasteiger partial charge is 0.129 e. The van der Waals surface area contributed by atoms with E-state index in [1.54, 1.807) is 13.1 Å². The zero-order chi connectivity index (χ0) is 14.7. The maximum atomic E-state index is 13.7. The number of hydrogen-bond donors (Lipinski definition) is 1. The predicted octanol–water partition coefficient (Wildman–Crippen LogP) is 4.88. The van der Waals surface area contributed by atoms with Gasteiger partial charge < -0.3 is 5.32 Å². The number of rotatable bonds is 4. The number of nitrogens with one attached hydrogen (secondary N) is 1. The van der Waals surface area contributed by atoms with Gasteiger partial charge in [0.05, 0.1) is 0 Å². The first kappa shape index (κ1) is 15.4. The maximum absolute atomic E-state index is 13.7. The van der Waals surface area contributed by atoms with Gasteiger partial charge in [0.1, 0.15) is 11.6 Å². The van der Waals surface area contributed by atoms with Gasteiger partial charge in [-0.3, -0.25) is 0 Å². The Bertz CT molecular complexity index is 619. The lowest BCUT2D eigenvalue weighted by molar-refractivity contribution is 0.541. The van der Waals surface area contributed by atoms with E-state index in [4.69, 9.17) is 11.6 Å². The molecule has 20 heavy (non-hydrogen) atoms. The Morgan fingerprint density at radius 2 is 1.95 bits per heavy atom. The van der Waals surface area contributed by atoms with Crippen LogP contribution in [0.4, 0.5) is 8.78 Å². The van der Waals surface area contributed by atoms with E-state index in [1.165, 1.54) is 12.1 Å². The minimum absolute atomic E-state index is 0.153. The maximum Gasteiger partial charge on any atom is 0.129 e. The van der Waals surface area contributed by atoms with Crippen molar-refractivity contribution in [1.82, 2.24) is 5.32 Å². The van der Waals surface area contributed by atoms with Gasteiger partial charge in [-0.1, -0.05) is 33.6 Å². The topological polar surface area (TPSA) is 12.0 Å². The van der Waals surface area contributed by atoms with Gasteiger partial charge in [0, 0.05) is 21.6 Å². The second kappa shape index (κ2) is 6.66. The SMILES string of the molecule is CNC(Cc1ccc(F)cc1F)c1cc(Br)ccc1Cl. The van der Waals surface area contributed by atoms with Crippen molar-refractivity contribution in [3.8, 4) is 0 Å². The molecule has 0 bridgehead atoms. The largest absolute Gasteiger partial charge is 0.313 e. The summed E-state index contributed by atoms with van der Waals surface area (Å²) < 4.78 is 27.6. The summed E-state index contributed by atoms with van der Waals surface area (Å²) in [6.07, 6.45) is 0.388. The second-order valence-electron chi connectivity index (χ2n) is 4.45. The standard InChI is InChI=1S/C15H13BrClF2N/c1-20-15(12-7-10(16)3-5-13(12)17)6-9-2-4-11(18)8-14(9)19/h2-5,7-8,15,20H,6H2,1H3. The third-order valence-corrected chi connectivity index (χ3v) is 3.96. The van der Waals surface area contributed by atoms with Gasteiger partial charge in [0.25, 0.3) is 0 Å². The monoisotopic (exact) mass is 359 g/mol. The van der Waals surface area contributed by atoms with Gasteiger partial charge in [-0.05, 0) is 48.9 Å². The highest BCUT2D eigenvalue weighted by Crippen LogP contribution is 2.29. The lowest BCUT2D eigenvalue weighted by Crippen LogP contribution is -2.20. The molecule has 0 amide bonds. The van der Waals surface area contributed by atoms with Crippen LogP contribution in [0.3, 0.4) is 0 Å². The van der Waals surface area contributed by atoms with Crippen molar-refractivity contribution in [2.45, 2.75) is 12.5 Å². The van der Waals surface area contributed by atoms with Crippen LogP contribution in [0.15, 0.2) is 40.9 Å². The number of halogens is 4.